The number of amides is 1. The molecule has 10 nitrogen and oxygen atoms in total. The smallest absolute Gasteiger partial charge is 0.246 e. The average molecular weight is 626 g/mol. The van der Waals surface area contributed by atoms with E-state index in [-0.39, 0.29) is 11.9 Å². The average Bonchev–Trinajstić information content (AvgIpc) is 3.07. The lowest BCUT2D eigenvalue weighted by atomic mass is 9.88. The van der Waals surface area contributed by atoms with Crippen LogP contribution in [0.2, 0.25) is 0 Å². The molecule has 4 aliphatic rings. The largest absolute Gasteiger partial charge is 0.368 e. The number of nitriles is 1. The number of aryl methyl sites for hydroxylation is 1. The normalized spacial score (nSPS) is 22.4. The molecular formula is C36H51N9O. The fourth-order valence-electron chi connectivity index (χ4n) is 7.84. The van der Waals surface area contributed by atoms with Crippen molar-refractivity contribution < 1.29 is 4.79 Å². The highest BCUT2D eigenvalue weighted by Crippen LogP contribution is 2.37. The van der Waals surface area contributed by atoms with Crippen LogP contribution in [0.1, 0.15) is 48.9 Å². The summed E-state index contributed by atoms with van der Waals surface area (Å²) >= 11 is 0. The van der Waals surface area contributed by atoms with Crippen molar-refractivity contribution in [1.82, 2.24) is 24.7 Å². The highest BCUT2D eigenvalue weighted by atomic mass is 16.2. The maximum absolute atomic E-state index is 13.2. The zero-order valence-corrected chi connectivity index (χ0v) is 28.2. The van der Waals surface area contributed by atoms with E-state index in [1.807, 2.05) is 30.0 Å². The molecule has 46 heavy (non-hydrogen) atoms. The molecule has 0 radical (unpaired) electrons. The number of carbonyl (C=O) groups excluding carboxylic acids is 1. The molecule has 10 heteroatoms. The van der Waals surface area contributed by atoms with Gasteiger partial charge in [0, 0.05) is 81.6 Å². The Kier molecular flexibility index (Phi) is 10.1. The van der Waals surface area contributed by atoms with Crippen LogP contribution in [0.15, 0.2) is 36.4 Å². The standard InChI is InChI=1S/C36H51N9O/c1-40(2)19-8-12-34(46)45-24-23-43(26-30(45)15-18-37)35-31-14-13-29(44-20-7-10-27-9-5-6-11-33(27)44)25-32(31)38-36(39-35)42-21-16-28(17-22-42)41(3)4/h5-6,8-9,11-12,28-30H,7,10,13-17,19-26H2,1-4H3/b12-8+/t29-,30-/m0/s1. The first-order valence-electron chi connectivity index (χ1n) is 17.2. The molecule has 1 aromatic carbocycles. The Balaban J connectivity index is 1.28. The Morgan fingerprint density at radius 2 is 1.80 bits per heavy atom. The van der Waals surface area contributed by atoms with Crippen LogP contribution in [-0.4, -0.2) is 123 Å². The van der Waals surface area contributed by atoms with E-state index < -0.39 is 0 Å². The topological polar surface area (TPSA) is 86.1 Å². The zero-order valence-electron chi connectivity index (χ0n) is 28.2. The molecule has 0 N–H and O–H groups in total. The predicted molar refractivity (Wildman–Crippen MR) is 185 cm³/mol. The summed E-state index contributed by atoms with van der Waals surface area (Å²) in [6.07, 6.45) is 11.3. The van der Waals surface area contributed by atoms with Gasteiger partial charge in [0.05, 0.1) is 24.2 Å². The molecule has 246 valence electrons. The number of hydrogen-bond donors (Lipinski definition) is 0. The van der Waals surface area contributed by atoms with Gasteiger partial charge in [0.2, 0.25) is 11.9 Å². The fraction of sp³-hybridized carbons (Fsp3) is 0.611. The molecule has 2 atom stereocenters. The summed E-state index contributed by atoms with van der Waals surface area (Å²) in [5.74, 6) is 1.85. The Morgan fingerprint density at radius 3 is 2.57 bits per heavy atom. The third-order valence-electron chi connectivity index (χ3n) is 10.4. The first-order chi connectivity index (χ1) is 22.3. The molecule has 0 unspecified atom stereocenters. The minimum Gasteiger partial charge on any atom is -0.368 e. The predicted octanol–water partition coefficient (Wildman–Crippen LogP) is 3.37. The summed E-state index contributed by atoms with van der Waals surface area (Å²) in [5, 5.41) is 9.74. The molecular weight excluding hydrogens is 574 g/mol. The lowest BCUT2D eigenvalue weighted by molar-refractivity contribution is -0.128. The minimum absolute atomic E-state index is 0.0134. The number of para-hydroxylation sites is 1. The van der Waals surface area contributed by atoms with Crippen LogP contribution in [0, 0.1) is 11.3 Å². The van der Waals surface area contributed by atoms with Crippen LogP contribution in [0.25, 0.3) is 0 Å². The van der Waals surface area contributed by atoms with E-state index in [1.165, 1.54) is 28.9 Å². The van der Waals surface area contributed by atoms with Gasteiger partial charge in [-0.1, -0.05) is 24.3 Å². The number of anilines is 3. The highest BCUT2D eigenvalue weighted by Gasteiger charge is 2.36. The van der Waals surface area contributed by atoms with Gasteiger partial charge in [-0.15, -0.1) is 0 Å². The van der Waals surface area contributed by atoms with Crippen LogP contribution in [-0.2, 0) is 24.1 Å². The maximum Gasteiger partial charge on any atom is 0.246 e. The van der Waals surface area contributed by atoms with Crippen molar-refractivity contribution in [2.45, 2.75) is 69.5 Å². The number of aromatic nitrogens is 2. The van der Waals surface area contributed by atoms with Crippen molar-refractivity contribution in [3.05, 3.63) is 53.2 Å². The Bertz CT molecular complexity index is 1440. The van der Waals surface area contributed by atoms with Gasteiger partial charge in [0.25, 0.3) is 0 Å². The summed E-state index contributed by atoms with van der Waals surface area (Å²) in [5.41, 5.74) is 5.29. The third kappa shape index (κ3) is 7.01. The van der Waals surface area contributed by atoms with Crippen molar-refractivity contribution in [3.63, 3.8) is 0 Å². The molecule has 2 saturated heterocycles. The third-order valence-corrected chi connectivity index (χ3v) is 10.4. The number of nitrogens with zero attached hydrogens (tertiary/aromatic N) is 9. The molecule has 2 fully saturated rings. The number of likely N-dealkylation sites (N-methyl/N-ethyl adjacent to an activating group) is 1. The molecule has 0 spiro atoms. The van der Waals surface area contributed by atoms with E-state index in [1.54, 1.807) is 6.08 Å². The second-order valence-corrected chi connectivity index (χ2v) is 13.9. The Labute approximate surface area is 275 Å². The minimum atomic E-state index is -0.179. The van der Waals surface area contributed by atoms with Gasteiger partial charge in [-0.2, -0.15) is 10.2 Å². The summed E-state index contributed by atoms with van der Waals surface area (Å²) in [6, 6.07) is 12.1. The van der Waals surface area contributed by atoms with Gasteiger partial charge in [0.15, 0.2) is 0 Å². The van der Waals surface area contributed by atoms with Crippen molar-refractivity contribution >= 4 is 23.4 Å². The van der Waals surface area contributed by atoms with Crippen molar-refractivity contribution in [1.29, 1.82) is 5.26 Å². The number of carbonyl (C=O) groups is 1. The lowest BCUT2D eigenvalue weighted by Gasteiger charge is -2.43. The SMILES string of the molecule is CN(C)C/C=C/C(=O)N1CCN(c2nc(N3CCC(N(C)C)CC3)nc3c2CC[C@H](N2CCCc4ccccc42)C3)C[C@@H]1CC#N. The van der Waals surface area contributed by atoms with Crippen LogP contribution in [0.3, 0.4) is 0 Å². The molecule has 0 saturated carbocycles. The molecule has 4 heterocycles. The summed E-state index contributed by atoms with van der Waals surface area (Å²) in [7, 11) is 8.32. The van der Waals surface area contributed by atoms with E-state index >= 15 is 0 Å². The summed E-state index contributed by atoms with van der Waals surface area (Å²) in [6.45, 7) is 5.58. The molecule has 3 aliphatic heterocycles. The zero-order chi connectivity index (χ0) is 32.2. The van der Waals surface area contributed by atoms with Gasteiger partial charge in [-0.05, 0) is 78.3 Å². The fourth-order valence-corrected chi connectivity index (χ4v) is 7.84. The number of piperidine rings is 1. The number of rotatable bonds is 8. The van der Waals surface area contributed by atoms with Gasteiger partial charge in [-0.3, -0.25) is 4.79 Å². The van der Waals surface area contributed by atoms with E-state index in [2.05, 4.69) is 64.0 Å². The highest BCUT2D eigenvalue weighted by molar-refractivity contribution is 5.88. The molecule has 1 aliphatic carbocycles. The monoisotopic (exact) mass is 625 g/mol. The summed E-state index contributed by atoms with van der Waals surface area (Å²) < 4.78 is 0. The first kappa shape index (κ1) is 32.3. The molecule has 2 aromatic rings. The van der Waals surface area contributed by atoms with Gasteiger partial charge >= 0.3 is 0 Å². The van der Waals surface area contributed by atoms with E-state index in [9.17, 15) is 10.1 Å². The summed E-state index contributed by atoms with van der Waals surface area (Å²) in [4.78, 5) is 37.5. The van der Waals surface area contributed by atoms with E-state index in [0.717, 1.165) is 69.9 Å². The first-order valence-corrected chi connectivity index (χ1v) is 17.2. The molecule has 6 rings (SSSR count). The molecule has 1 amide bonds. The number of benzene rings is 1. The number of piperazine rings is 1. The van der Waals surface area contributed by atoms with Crippen LogP contribution < -0.4 is 14.7 Å². The van der Waals surface area contributed by atoms with Crippen molar-refractivity contribution in [2.75, 3.05) is 88.7 Å². The van der Waals surface area contributed by atoms with Crippen LogP contribution >= 0.6 is 0 Å². The van der Waals surface area contributed by atoms with Crippen LogP contribution in [0.5, 0.6) is 0 Å². The van der Waals surface area contributed by atoms with Crippen LogP contribution in [0.4, 0.5) is 17.5 Å². The quantitative estimate of drug-likeness (QED) is 0.410. The van der Waals surface area contributed by atoms with Crippen molar-refractivity contribution in [2.24, 2.45) is 0 Å². The molecule has 0 bridgehead atoms. The lowest BCUT2D eigenvalue weighted by Crippen LogP contribution is -2.55. The number of hydrogen-bond acceptors (Lipinski definition) is 9. The van der Waals surface area contributed by atoms with Gasteiger partial charge < -0.3 is 29.4 Å². The van der Waals surface area contributed by atoms with Gasteiger partial charge in [-0.25, -0.2) is 4.98 Å². The van der Waals surface area contributed by atoms with E-state index in [0.29, 0.717) is 44.7 Å². The second-order valence-electron chi connectivity index (χ2n) is 13.9. The number of fused-ring (bicyclic) bond motifs is 2. The van der Waals surface area contributed by atoms with Gasteiger partial charge in [0.1, 0.15) is 5.82 Å². The second kappa shape index (κ2) is 14.4. The van der Waals surface area contributed by atoms with E-state index in [4.69, 9.17) is 9.97 Å². The Hall–Kier alpha value is -3.68. The maximum atomic E-state index is 13.2. The van der Waals surface area contributed by atoms with Crippen molar-refractivity contribution in [3.8, 4) is 6.07 Å². The molecule has 1 aromatic heterocycles. The Morgan fingerprint density at radius 1 is 1.00 bits per heavy atom.